The van der Waals surface area contributed by atoms with Gasteiger partial charge in [-0.2, -0.15) is 0 Å². The maximum Gasteiger partial charge on any atom is 0.0992 e. The quantitative estimate of drug-likeness (QED) is 0.899. The standard InChI is InChI=1S/C17H23N3/c1-2-14-6-5-7-15(12-14)19-16-8-3-4-9-17(16)20-11-10-18-13-20/h3-4,8-11,13-15,19H,2,5-7,12H2,1H3. The van der Waals surface area contributed by atoms with E-state index in [0.717, 1.165) is 5.92 Å². The molecule has 3 heteroatoms. The van der Waals surface area contributed by atoms with Crippen molar-refractivity contribution in [2.24, 2.45) is 5.92 Å². The van der Waals surface area contributed by atoms with Crippen LogP contribution in [0.4, 0.5) is 5.69 Å². The highest BCUT2D eigenvalue weighted by molar-refractivity contribution is 5.61. The molecule has 20 heavy (non-hydrogen) atoms. The largest absolute Gasteiger partial charge is 0.381 e. The number of nitrogens with zero attached hydrogens (tertiary/aromatic N) is 2. The Morgan fingerprint density at radius 2 is 2.20 bits per heavy atom. The Balaban J connectivity index is 1.77. The van der Waals surface area contributed by atoms with Gasteiger partial charge < -0.3 is 9.88 Å². The Morgan fingerprint density at radius 3 is 3.00 bits per heavy atom. The van der Waals surface area contributed by atoms with Crippen molar-refractivity contribution in [3.63, 3.8) is 0 Å². The highest BCUT2D eigenvalue weighted by Crippen LogP contribution is 2.30. The molecule has 1 N–H and O–H groups in total. The van der Waals surface area contributed by atoms with Crippen LogP contribution in [0.3, 0.4) is 0 Å². The minimum absolute atomic E-state index is 0.610. The lowest BCUT2D eigenvalue weighted by atomic mass is 9.84. The van der Waals surface area contributed by atoms with Crippen LogP contribution in [-0.4, -0.2) is 15.6 Å². The lowest BCUT2D eigenvalue weighted by molar-refractivity contribution is 0.327. The van der Waals surface area contributed by atoms with E-state index in [1.54, 1.807) is 0 Å². The maximum absolute atomic E-state index is 4.15. The molecule has 0 bridgehead atoms. The van der Waals surface area contributed by atoms with Crippen molar-refractivity contribution < 1.29 is 0 Å². The van der Waals surface area contributed by atoms with Crippen LogP contribution in [0.1, 0.15) is 39.0 Å². The summed E-state index contributed by atoms with van der Waals surface area (Å²) in [5, 5.41) is 3.75. The first kappa shape index (κ1) is 13.2. The molecule has 2 unspecified atom stereocenters. The third-order valence-corrected chi connectivity index (χ3v) is 4.41. The van der Waals surface area contributed by atoms with E-state index in [1.165, 1.54) is 43.5 Å². The van der Waals surface area contributed by atoms with E-state index >= 15 is 0 Å². The van der Waals surface area contributed by atoms with Gasteiger partial charge in [0.2, 0.25) is 0 Å². The van der Waals surface area contributed by atoms with Crippen molar-refractivity contribution in [1.82, 2.24) is 9.55 Å². The summed E-state index contributed by atoms with van der Waals surface area (Å²) in [7, 11) is 0. The van der Waals surface area contributed by atoms with Crippen LogP contribution in [0, 0.1) is 5.92 Å². The van der Waals surface area contributed by atoms with Gasteiger partial charge in [0.15, 0.2) is 0 Å². The summed E-state index contributed by atoms with van der Waals surface area (Å²) < 4.78 is 2.07. The SMILES string of the molecule is CCC1CCCC(Nc2ccccc2-n2ccnc2)C1. The van der Waals surface area contributed by atoms with E-state index < -0.39 is 0 Å². The molecule has 0 amide bonds. The van der Waals surface area contributed by atoms with Crippen molar-refractivity contribution in [2.45, 2.75) is 45.1 Å². The lowest BCUT2D eigenvalue weighted by Crippen LogP contribution is -2.27. The maximum atomic E-state index is 4.15. The van der Waals surface area contributed by atoms with Gasteiger partial charge in [-0.15, -0.1) is 0 Å². The molecule has 3 nitrogen and oxygen atoms in total. The molecule has 1 aromatic heterocycles. The van der Waals surface area contributed by atoms with E-state index in [-0.39, 0.29) is 0 Å². The average molecular weight is 269 g/mol. The van der Waals surface area contributed by atoms with Crippen molar-refractivity contribution >= 4 is 5.69 Å². The summed E-state index contributed by atoms with van der Waals surface area (Å²) in [5.74, 6) is 0.890. The molecule has 1 saturated carbocycles. The van der Waals surface area contributed by atoms with Gasteiger partial charge in [-0.25, -0.2) is 4.98 Å². The number of aromatic nitrogens is 2. The van der Waals surface area contributed by atoms with Crippen LogP contribution in [0.15, 0.2) is 43.0 Å². The van der Waals surface area contributed by atoms with Gasteiger partial charge in [-0.05, 0) is 30.9 Å². The molecule has 3 rings (SSSR count). The molecule has 0 aliphatic heterocycles. The Labute approximate surface area is 121 Å². The third kappa shape index (κ3) is 2.87. The Kier molecular flexibility index (Phi) is 4.05. The summed E-state index contributed by atoms with van der Waals surface area (Å²) in [6.45, 7) is 2.31. The topological polar surface area (TPSA) is 29.9 Å². The van der Waals surface area contributed by atoms with Crippen molar-refractivity contribution in [2.75, 3.05) is 5.32 Å². The van der Waals surface area contributed by atoms with Gasteiger partial charge in [-0.1, -0.05) is 38.3 Å². The van der Waals surface area contributed by atoms with Crippen molar-refractivity contribution in [3.8, 4) is 5.69 Å². The number of benzene rings is 1. The zero-order chi connectivity index (χ0) is 13.8. The van der Waals surface area contributed by atoms with Crippen LogP contribution in [0.5, 0.6) is 0 Å². The number of hydrogen-bond donors (Lipinski definition) is 1. The molecular weight excluding hydrogens is 246 g/mol. The second-order valence-corrected chi connectivity index (χ2v) is 5.77. The lowest BCUT2D eigenvalue weighted by Gasteiger charge is -2.30. The number of imidazole rings is 1. The summed E-state index contributed by atoms with van der Waals surface area (Å²) >= 11 is 0. The molecule has 1 fully saturated rings. The molecule has 106 valence electrons. The zero-order valence-corrected chi connectivity index (χ0v) is 12.1. The van der Waals surface area contributed by atoms with Gasteiger partial charge >= 0.3 is 0 Å². The first-order valence-electron chi connectivity index (χ1n) is 7.70. The highest BCUT2D eigenvalue weighted by atomic mass is 15.1. The van der Waals surface area contributed by atoms with Crippen LogP contribution < -0.4 is 5.32 Å². The fourth-order valence-corrected chi connectivity index (χ4v) is 3.24. The van der Waals surface area contributed by atoms with Gasteiger partial charge in [0.25, 0.3) is 0 Å². The van der Waals surface area contributed by atoms with Crippen LogP contribution >= 0.6 is 0 Å². The van der Waals surface area contributed by atoms with Crippen LogP contribution in [0.2, 0.25) is 0 Å². The normalized spacial score (nSPS) is 22.6. The Bertz CT molecular complexity index is 533. The molecular formula is C17H23N3. The minimum atomic E-state index is 0.610. The Morgan fingerprint density at radius 1 is 1.30 bits per heavy atom. The van der Waals surface area contributed by atoms with E-state index in [9.17, 15) is 0 Å². The summed E-state index contributed by atoms with van der Waals surface area (Å²) in [4.78, 5) is 4.15. The van der Waals surface area contributed by atoms with E-state index in [4.69, 9.17) is 0 Å². The zero-order valence-electron chi connectivity index (χ0n) is 12.1. The number of rotatable bonds is 4. The van der Waals surface area contributed by atoms with E-state index in [0.29, 0.717) is 6.04 Å². The smallest absolute Gasteiger partial charge is 0.0992 e. The molecule has 0 saturated heterocycles. The van der Waals surface area contributed by atoms with Crippen molar-refractivity contribution in [1.29, 1.82) is 0 Å². The summed E-state index contributed by atoms with van der Waals surface area (Å²) in [6.07, 6.45) is 12.3. The summed E-state index contributed by atoms with van der Waals surface area (Å²) in [5.41, 5.74) is 2.40. The van der Waals surface area contributed by atoms with E-state index in [2.05, 4.69) is 46.1 Å². The van der Waals surface area contributed by atoms with Crippen LogP contribution in [0.25, 0.3) is 5.69 Å². The molecule has 1 aromatic carbocycles. The molecule has 1 heterocycles. The van der Waals surface area contributed by atoms with Gasteiger partial charge in [-0.3, -0.25) is 0 Å². The summed E-state index contributed by atoms with van der Waals surface area (Å²) in [6, 6.07) is 9.10. The first-order chi connectivity index (χ1) is 9.86. The van der Waals surface area contributed by atoms with Gasteiger partial charge in [0.05, 0.1) is 17.7 Å². The molecule has 0 spiro atoms. The minimum Gasteiger partial charge on any atom is -0.381 e. The molecule has 1 aliphatic carbocycles. The fraction of sp³-hybridized carbons (Fsp3) is 0.471. The molecule has 1 aliphatic rings. The van der Waals surface area contributed by atoms with Crippen molar-refractivity contribution in [3.05, 3.63) is 43.0 Å². The molecule has 2 aromatic rings. The number of hydrogen-bond acceptors (Lipinski definition) is 2. The highest BCUT2D eigenvalue weighted by Gasteiger charge is 2.21. The molecule has 2 atom stereocenters. The Hall–Kier alpha value is -1.77. The monoisotopic (exact) mass is 269 g/mol. The number of para-hydroxylation sites is 2. The predicted molar refractivity (Wildman–Crippen MR) is 83.2 cm³/mol. The van der Waals surface area contributed by atoms with Gasteiger partial charge in [0, 0.05) is 18.4 Å². The first-order valence-corrected chi connectivity index (χ1v) is 7.70. The number of anilines is 1. The van der Waals surface area contributed by atoms with Gasteiger partial charge in [0.1, 0.15) is 0 Å². The molecule has 0 radical (unpaired) electrons. The second kappa shape index (κ2) is 6.12. The van der Waals surface area contributed by atoms with E-state index in [1.807, 2.05) is 18.7 Å². The predicted octanol–water partition coefficient (Wildman–Crippen LogP) is 4.25. The van der Waals surface area contributed by atoms with Crippen LogP contribution in [-0.2, 0) is 0 Å². The number of nitrogens with one attached hydrogen (secondary N) is 1. The fourth-order valence-electron chi connectivity index (χ4n) is 3.24. The average Bonchev–Trinajstić information content (AvgIpc) is 3.02. The second-order valence-electron chi connectivity index (χ2n) is 5.77. The third-order valence-electron chi connectivity index (χ3n) is 4.41.